The normalized spacial score (nSPS) is 16.3. The molecule has 1 aromatic heterocycles. The van der Waals surface area contributed by atoms with Crippen LogP contribution >= 0.6 is 0 Å². The van der Waals surface area contributed by atoms with Crippen LogP contribution in [-0.2, 0) is 17.8 Å². The van der Waals surface area contributed by atoms with E-state index in [0.717, 1.165) is 42.6 Å². The monoisotopic (exact) mass is 446 g/mol. The lowest BCUT2D eigenvalue weighted by Gasteiger charge is -2.31. The summed E-state index contributed by atoms with van der Waals surface area (Å²) in [6, 6.07) is 15.2. The van der Waals surface area contributed by atoms with Crippen molar-refractivity contribution in [2.24, 2.45) is 5.92 Å². The second-order valence-electron chi connectivity index (χ2n) is 8.92. The first-order valence-electron chi connectivity index (χ1n) is 11.6. The van der Waals surface area contributed by atoms with Crippen LogP contribution < -0.4 is 5.32 Å². The summed E-state index contributed by atoms with van der Waals surface area (Å²) in [4.78, 5) is 27.4. The minimum Gasteiger partial charge on any atom is -0.461 e. The van der Waals surface area contributed by atoms with Gasteiger partial charge in [-0.3, -0.25) is 9.59 Å². The van der Waals surface area contributed by atoms with E-state index in [1.165, 1.54) is 18.6 Å². The number of halogens is 1. The zero-order chi connectivity index (χ0) is 22.8. The lowest BCUT2D eigenvalue weighted by Crippen LogP contribution is -2.40. The molecule has 33 heavy (non-hydrogen) atoms. The molecule has 1 N–H and O–H groups in total. The van der Waals surface area contributed by atoms with Crippen LogP contribution in [0.1, 0.15) is 53.8 Å². The summed E-state index contributed by atoms with van der Waals surface area (Å²) >= 11 is 0. The van der Waals surface area contributed by atoms with Gasteiger partial charge in [-0.25, -0.2) is 4.39 Å². The van der Waals surface area contributed by atoms with Crippen molar-refractivity contribution < 1.29 is 18.4 Å². The fourth-order valence-electron chi connectivity index (χ4n) is 4.87. The van der Waals surface area contributed by atoms with Gasteiger partial charge in [-0.15, -0.1) is 0 Å². The molecule has 0 bridgehead atoms. The van der Waals surface area contributed by atoms with Crippen molar-refractivity contribution >= 4 is 17.5 Å². The van der Waals surface area contributed by atoms with Crippen molar-refractivity contribution in [1.29, 1.82) is 0 Å². The molecule has 1 fully saturated rings. The maximum absolute atomic E-state index is 13.9. The van der Waals surface area contributed by atoms with Crippen molar-refractivity contribution in [3.05, 3.63) is 77.3 Å². The molecule has 6 heteroatoms. The molecule has 170 valence electrons. The summed E-state index contributed by atoms with van der Waals surface area (Å²) in [6.45, 7) is 1.27. The zero-order valence-corrected chi connectivity index (χ0v) is 18.5. The van der Waals surface area contributed by atoms with E-state index in [1.807, 2.05) is 29.2 Å². The van der Waals surface area contributed by atoms with Gasteiger partial charge in [-0.2, -0.15) is 0 Å². The summed E-state index contributed by atoms with van der Waals surface area (Å²) in [6.07, 6.45) is 6.25. The molecule has 0 unspecified atom stereocenters. The average Bonchev–Trinajstić information content (AvgIpc) is 3.28. The fourth-order valence-corrected chi connectivity index (χ4v) is 4.87. The van der Waals surface area contributed by atoms with E-state index in [9.17, 15) is 14.0 Å². The Kier molecular flexibility index (Phi) is 5.99. The Bertz CT molecular complexity index is 1180. The lowest BCUT2D eigenvalue weighted by molar-refractivity contribution is -0.137. The van der Waals surface area contributed by atoms with Crippen molar-refractivity contribution in [2.45, 2.75) is 45.1 Å². The van der Waals surface area contributed by atoms with Gasteiger partial charge in [0.05, 0.1) is 5.56 Å². The average molecular weight is 447 g/mol. The van der Waals surface area contributed by atoms with Crippen molar-refractivity contribution in [3.63, 3.8) is 0 Å². The van der Waals surface area contributed by atoms with Gasteiger partial charge in [0.1, 0.15) is 17.3 Å². The number of hydrogen-bond acceptors (Lipinski definition) is 3. The zero-order valence-electron chi connectivity index (χ0n) is 18.5. The van der Waals surface area contributed by atoms with E-state index in [0.29, 0.717) is 31.0 Å². The molecular weight excluding hydrogens is 419 g/mol. The number of hydrogen-bond donors (Lipinski definition) is 1. The third-order valence-corrected chi connectivity index (χ3v) is 6.66. The first kappa shape index (κ1) is 21.4. The van der Waals surface area contributed by atoms with E-state index in [-0.39, 0.29) is 17.4 Å². The molecule has 3 aromatic rings. The fraction of sp³-hybridized carbons (Fsp3) is 0.333. The number of fused-ring (bicyclic) bond motifs is 1. The van der Waals surface area contributed by atoms with Crippen LogP contribution in [0.25, 0.3) is 11.3 Å². The first-order chi connectivity index (χ1) is 16.1. The van der Waals surface area contributed by atoms with Crippen LogP contribution in [0.2, 0.25) is 0 Å². The highest BCUT2D eigenvalue weighted by atomic mass is 19.1. The molecule has 2 aromatic carbocycles. The highest BCUT2D eigenvalue weighted by molar-refractivity contribution is 6.04. The largest absolute Gasteiger partial charge is 0.461 e. The smallest absolute Gasteiger partial charge is 0.258 e. The predicted molar refractivity (Wildman–Crippen MR) is 124 cm³/mol. The Morgan fingerprint density at radius 2 is 1.82 bits per heavy atom. The third-order valence-electron chi connectivity index (χ3n) is 6.66. The maximum atomic E-state index is 13.9. The second-order valence-corrected chi connectivity index (χ2v) is 8.92. The summed E-state index contributed by atoms with van der Waals surface area (Å²) < 4.78 is 20.0. The van der Waals surface area contributed by atoms with E-state index in [2.05, 4.69) is 5.32 Å². The first-order valence-corrected chi connectivity index (χ1v) is 11.6. The molecule has 0 spiro atoms. The van der Waals surface area contributed by atoms with Crippen LogP contribution in [0.5, 0.6) is 0 Å². The highest BCUT2D eigenvalue weighted by Gasteiger charge is 2.30. The standard InChI is InChI=1S/C27H27FN2O3/c28-23-12-5-4-11-22(23)26(31)29-21-10-6-9-19(15-21)25-16-20-17-30(14-13-24(20)33-25)27(32)18-7-2-1-3-8-18/h4-6,9-12,15-16,18H,1-3,7-8,13-14,17H2,(H,29,31). The molecule has 1 saturated carbocycles. The molecule has 5 rings (SSSR count). The number of carbonyl (C=O) groups excluding carboxylic acids is 2. The maximum Gasteiger partial charge on any atom is 0.258 e. The Hall–Kier alpha value is -3.41. The van der Waals surface area contributed by atoms with Gasteiger partial charge < -0.3 is 14.6 Å². The van der Waals surface area contributed by atoms with E-state index >= 15 is 0 Å². The van der Waals surface area contributed by atoms with Gasteiger partial charge in [0.2, 0.25) is 5.91 Å². The minimum atomic E-state index is -0.558. The molecule has 1 aliphatic carbocycles. The summed E-state index contributed by atoms with van der Waals surface area (Å²) in [5.41, 5.74) is 2.42. The van der Waals surface area contributed by atoms with Gasteiger partial charge in [-0.05, 0) is 43.2 Å². The lowest BCUT2D eigenvalue weighted by atomic mass is 9.88. The Labute approximate surface area is 192 Å². The SMILES string of the molecule is O=C(Nc1cccc(-c2cc3c(o2)CCN(C(=O)C2CCCCC2)C3)c1)c1ccccc1F. The van der Waals surface area contributed by atoms with Gasteiger partial charge in [0.25, 0.3) is 5.91 Å². The third kappa shape index (κ3) is 4.56. The van der Waals surface area contributed by atoms with E-state index in [4.69, 9.17) is 4.42 Å². The molecule has 2 amide bonds. The number of amides is 2. The van der Waals surface area contributed by atoms with Crippen molar-refractivity contribution in [2.75, 3.05) is 11.9 Å². The quantitative estimate of drug-likeness (QED) is 0.551. The molecule has 0 saturated heterocycles. The van der Waals surface area contributed by atoms with Gasteiger partial charge >= 0.3 is 0 Å². The predicted octanol–water partition coefficient (Wildman–Crippen LogP) is 5.80. The highest BCUT2D eigenvalue weighted by Crippen LogP contribution is 2.33. The topological polar surface area (TPSA) is 62.6 Å². The van der Waals surface area contributed by atoms with Gasteiger partial charge in [0.15, 0.2) is 0 Å². The summed E-state index contributed by atoms with van der Waals surface area (Å²) in [5, 5.41) is 2.76. The summed E-state index contributed by atoms with van der Waals surface area (Å²) in [7, 11) is 0. The number of rotatable bonds is 4. The second kappa shape index (κ2) is 9.22. The Morgan fingerprint density at radius 3 is 2.64 bits per heavy atom. The Balaban J connectivity index is 1.30. The van der Waals surface area contributed by atoms with Crippen LogP contribution in [-0.4, -0.2) is 23.3 Å². The molecule has 1 aliphatic heterocycles. The molecular formula is C27H27FN2O3. The number of furan rings is 1. The van der Waals surface area contributed by atoms with E-state index < -0.39 is 11.7 Å². The number of nitrogens with one attached hydrogen (secondary N) is 1. The van der Waals surface area contributed by atoms with Crippen molar-refractivity contribution in [3.8, 4) is 11.3 Å². The van der Waals surface area contributed by atoms with Crippen LogP contribution in [0.4, 0.5) is 10.1 Å². The van der Waals surface area contributed by atoms with Gasteiger partial charge in [0, 0.05) is 42.2 Å². The number of nitrogens with zero attached hydrogens (tertiary/aromatic N) is 1. The Morgan fingerprint density at radius 1 is 1.00 bits per heavy atom. The summed E-state index contributed by atoms with van der Waals surface area (Å²) in [5.74, 6) is 1.01. The van der Waals surface area contributed by atoms with E-state index in [1.54, 1.807) is 18.2 Å². The van der Waals surface area contributed by atoms with Crippen LogP contribution in [0.3, 0.4) is 0 Å². The molecule has 2 aliphatic rings. The van der Waals surface area contributed by atoms with Gasteiger partial charge in [-0.1, -0.05) is 43.5 Å². The molecule has 0 radical (unpaired) electrons. The number of carbonyl (C=O) groups is 2. The van der Waals surface area contributed by atoms with Crippen LogP contribution in [0, 0.1) is 11.7 Å². The molecule has 0 atom stereocenters. The molecule has 2 heterocycles. The number of anilines is 1. The van der Waals surface area contributed by atoms with Crippen LogP contribution in [0.15, 0.2) is 59.0 Å². The van der Waals surface area contributed by atoms with Crippen molar-refractivity contribution in [1.82, 2.24) is 4.90 Å². The number of benzene rings is 2. The minimum absolute atomic E-state index is 0.000842. The molecule has 5 nitrogen and oxygen atoms in total.